The normalized spacial score (nSPS) is 11.6. The van der Waals surface area contributed by atoms with Crippen molar-refractivity contribution >= 4 is 152 Å². The van der Waals surface area contributed by atoms with Gasteiger partial charge in [0.2, 0.25) is 0 Å². The molecule has 0 saturated carbocycles. The van der Waals surface area contributed by atoms with Crippen LogP contribution in [0.2, 0.25) is 0 Å². The number of pyridine rings is 9. The number of benzene rings is 17. The summed E-state index contributed by atoms with van der Waals surface area (Å²) in [6, 6.07) is 159. The Hall–Kier alpha value is -19.4. The van der Waals surface area contributed by atoms with Crippen molar-refractivity contribution in [1.82, 2.24) is 58.6 Å². The van der Waals surface area contributed by atoms with Crippen LogP contribution in [0.1, 0.15) is 0 Å². The molecule has 0 unspecified atom stereocenters. The fourth-order valence-corrected chi connectivity index (χ4v) is 21.9. The maximum absolute atomic E-state index is 5.31. The molecule has 0 atom stereocenters. The summed E-state index contributed by atoms with van der Waals surface area (Å²) in [5.41, 5.74) is 29.8. The van der Waals surface area contributed by atoms with E-state index in [-0.39, 0.29) is 0 Å². The highest BCUT2D eigenvalue weighted by Gasteiger charge is 2.26. The molecule has 0 aliphatic rings. The lowest BCUT2D eigenvalue weighted by molar-refractivity contribution is 1.06. The lowest BCUT2D eigenvalue weighted by Crippen LogP contribution is -1.97. The van der Waals surface area contributed by atoms with Crippen LogP contribution in [0.5, 0.6) is 0 Å². The largest absolute Gasteiger partial charge is 0.294 e. The molecule has 143 heavy (non-hydrogen) atoms. The Balaban J connectivity index is 0.000000108. The predicted octanol–water partition coefficient (Wildman–Crippen LogP) is 33.1. The van der Waals surface area contributed by atoms with E-state index in [1.54, 1.807) is 0 Å². The summed E-state index contributed by atoms with van der Waals surface area (Å²) < 4.78 is 6.54. The molecule has 12 heterocycles. The minimum Gasteiger partial charge on any atom is -0.294 e. The molecule has 12 nitrogen and oxygen atoms in total. The van der Waals surface area contributed by atoms with E-state index in [0.29, 0.717) is 0 Å². The van der Waals surface area contributed by atoms with E-state index in [0.717, 1.165) is 139 Å². The maximum atomic E-state index is 5.31. The van der Waals surface area contributed by atoms with Gasteiger partial charge >= 0.3 is 0 Å². The zero-order chi connectivity index (χ0) is 94.4. The molecule has 29 rings (SSSR count). The van der Waals surface area contributed by atoms with Crippen LogP contribution in [0, 0.1) is 0 Å². The number of aromatic nitrogens is 12. The van der Waals surface area contributed by atoms with Gasteiger partial charge in [-0.25, -0.2) is 29.9 Å². The van der Waals surface area contributed by atoms with Crippen LogP contribution in [0.4, 0.5) is 0 Å². The van der Waals surface area contributed by atoms with E-state index < -0.39 is 0 Å². The molecule has 17 aromatic carbocycles. The van der Waals surface area contributed by atoms with Gasteiger partial charge in [-0.2, -0.15) is 0 Å². The smallest absolute Gasteiger partial charge is 0.146 e. The Morgan fingerprint density at radius 1 is 0.147 bits per heavy atom. The third-order valence-corrected chi connectivity index (χ3v) is 28.2. The van der Waals surface area contributed by atoms with Crippen molar-refractivity contribution in [2.45, 2.75) is 0 Å². The number of fused-ring (bicyclic) bond motifs is 18. The average molecular weight is 1820 g/mol. The van der Waals surface area contributed by atoms with Crippen molar-refractivity contribution in [3.05, 3.63) is 498 Å². The van der Waals surface area contributed by atoms with Crippen LogP contribution in [-0.4, -0.2) is 58.6 Å². The molecule has 0 N–H and O–H groups in total. The number of rotatable bonds is 12. The molecule has 12 heteroatoms. The van der Waals surface area contributed by atoms with Crippen molar-refractivity contribution < 1.29 is 0 Å². The Morgan fingerprint density at radius 2 is 0.420 bits per heavy atom. The molecule has 0 aliphatic carbocycles. The summed E-state index contributed by atoms with van der Waals surface area (Å²) in [5.74, 6) is 1.72. The van der Waals surface area contributed by atoms with Gasteiger partial charge in [0.15, 0.2) is 0 Å². The van der Waals surface area contributed by atoms with Crippen LogP contribution in [-0.2, 0) is 0 Å². The fourth-order valence-electron chi connectivity index (χ4n) is 21.9. The Labute approximate surface area is 821 Å². The first kappa shape index (κ1) is 83.0. The number of nitrogens with zero attached hydrogens (tertiary/aromatic N) is 12. The highest BCUT2D eigenvalue weighted by Crippen LogP contribution is 2.50. The van der Waals surface area contributed by atoms with Gasteiger partial charge in [-0.3, -0.25) is 28.7 Å². The zero-order valence-electron chi connectivity index (χ0n) is 77.2. The molecule has 0 bridgehead atoms. The highest BCUT2D eigenvalue weighted by molar-refractivity contribution is 6.25. The van der Waals surface area contributed by atoms with Gasteiger partial charge in [0, 0.05) is 115 Å². The lowest BCUT2D eigenvalue weighted by atomic mass is 9.86. The van der Waals surface area contributed by atoms with Crippen molar-refractivity contribution in [3.8, 4) is 118 Å². The molecule has 0 aliphatic heterocycles. The first-order valence-electron chi connectivity index (χ1n) is 48.2. The molecular formula is C131H82N12. The number of hydrogen-bond acceptors (Lipinski definition) is 9. The van der Waals surface area contributed by atoms with Crippen molar-refractivity contribution in [2.24, 2.45) is 0 Å². The minimum absolute atomic E-state index is 0.857. The molecule has 0 fully saturated rings. The summed E-state index contributed by atoms with van der Waals surface area (Å²) in [4.78, 5) is 43.1. The topological polar surface area (TPSA) is 131 Å². The maximum Gasteiger partial charge on any atom is 0.146 e. The van der Waals surface area contributed by atoms with E-state index in [1.807, 2.05) is 128 Å². The monoisotopic (exact) mass is 1820 g/mol. The zero-order valence-corrected chi connectivity index (χ0v) is 77.2. The second kappa shape index (κ2) is 35.0. The molecular weight excluding hydrogens is 1740 g/mol. The van der Waals surface area contributed by atoms with Gasteiger partial charge in [-0.15, -0.1) is 0 Å². The molecule has 0 saturated heterocycles. The van der Waals surface area contributed by atoms with E-state index >= 15 is 0 Å². The van der Waals surface area contributed by atoms with Crippen molar-refractivity contribution in [3.63, 3.8) is 0 Å². The third-order valence-electron chi connectivity index (χ3n) is 28.2. The standard InChI is InChI=1S/C48H29N5.C42H27N3.C41H26N4/c1-3-12-37-35(10-1)44(36-11-2-4-13-38(36)45(37)41-24-22-33-21-20-32-9-7-27-50-46(32)47(33)52-41)31-18-16-30(17-19-31)34-23-25-42-40(29-34)39-14-8-28-51-48(39)53(42)43-15-5-6-26-49-43;1-2-11-31(12-3-1)45-39-24-23-30(27-37(39)36-17-10-26-44-42(36)45)28-19-21-29(22-20-28)40-32-13-4-6-15-34(32)41(38-18-8-9-25-43-38)35-16-7-5-14-33(35)40;1-3-12-32-30(10-1)39(31-11-2-4-13-33(31)40(32)36-15-5-7-23-42-36)28-19-17-27(18-20-28)29-21-22-37-35(26-29)34-14-9-25-44-41(34)45(37)38-16-6-8-24-43-38/h1-29H;1-27H;1-26H. The van der Waals surface area contributed by atoms with Crippen LogP contribution < -0.4 is 0 Å². The molecule has 29 aromatic rings. The van der Waals surface area contributed by atoms with E-state index in [1.165, 1.54) is 131 Å². The second-order valence-corrected chi connectivity index (χ2v) is 36.1. The third kappa shape index (κ3) is 14.3. The van der Waals surface area contributed by atoms with Crippen LogP contribution >= 0.6 is 0 Å². The Bertz CT molecular complexity index is 9540. The molecule has 0 radical (unpaired) electrons. The quantitative estimate of drug-likeness (QED) is 0.0866. The fraction of sp³-hybridized carbons (Fsp3) is 0. The van der Waals surface area contributed by atoms with Gasteiger partial charge in [0.25, 0.3) is 0 Å². The molecule has 0 amide bonds. The summed E-state index contributed by atoms with van der Waals surface area (Å²) in [7, 11) is 0. The molecule has 666 valence electrons. The number of hydrogen-bond donors (Lipinski definition) is 0. The van der Waals surface area contributed by atoms with Crippen LogP contribution in [0.25, 0.3) is 270 Å². The van der Waals surface area contributed by atoms with Gasteiger partial charge in [0.05, 0.1) is 44.7 Å². The van der Waals surface area contributed by atoms with Crippen LogP contribution in [0.15, 0.2) is 498 Å². The lowest BCUT2D eigenvalue weighted by Gasteiger charge is -2.18. The molecule has 12 aromatic heterocycles. The van der Waals surface area contributed by atoms with Gasteiger partial charge in [0.1, 0.15) is 28.6 Å². The number of para-hydroxylation sites is 1. The highest BCUT2D eigenvalue weighted by atomic mass is 15.1. The van der Waals surface area contributed by atoms with Crippen molar-refractivity contribution in [2.75, 3.05) is 0 Å². The van der Waals surface area contributed by atoms with E-state index in [9.17, 15) is 0 Å². The SMILES string of the molecule is c1ccc(-c2c3ccccc3c(-c3ccc(-c4ccc5c(c4)c4cccnc4n5-c4ccccn4)cc3)c3ccccc23)nc1.c1ccc(-n2c3ccc(-c4ccc(-c5c6ccccc6c(-c6ccc7ccc8cccnc8c7n6)c6ccccc56)cc4)cc3c3cccnc32)nc1.c1ccc(-n2c3ccc(-c4ccc(-c5c6ccccc6c(-c6ccccn6)c6ccccc56)cc4)cc3c3cccnc32)cc1. The van der Waals surface area contributed by atoms with E-state index in [4.69, 9.17) is 34.9 Å². The summed E-state index contributed by atoms with van der Waals surface area (Å²) in [6.45, 7) is 0. The predicted molar refractivity (Wildman–Crippen MR) is 591 cm³/mol. The van der Waals surface area contributed by atoms with Crippen LogP contribution in [0.3, 0.4) is 0 Å². The first-order valence-corrected chi connectivity index (χ1v) is 48.2. The summed E-state index contributed by atoms with van der Waals surface area (Å²) >= 11 is 0. The average Bonchev–Trinajstić information content (AvgIpc) is 1.01. The Morgan fingerprint density at radius 3 is 0.776 bits per heavy atom. The van der Waals surface area contributed by atoms with Crippen molar-refractivity contribution in [1.29, 1.82) is 0 Å². The first-order chi connectivity index (χ1) is 71.0. The summed E-state index contributed by atoms with van der Waals surface area (Å²) in [6.07, 6.45) is 14.8. The minimum atomic E-state index is 0.857. The van der Waals surface area contributed by atoms with E-state index in [2.05, 4.69) is 394 Å². The molecule has 0 spiro atoms. The Kier molecular flexibility index (Phi) is 20.3. The van der Waals surface area contributed by atoms with Gasteiger partial charge in [-0.05, 0) is 277 Å². The summed E-state index contributed by atoms with van der Waals surface area (Å²) in [5, 5.41) is 23.5. The van der Waals surface area contributed by atoms with Gasteiger partial charge in [-0.1, -0.05) is 303 Å². The van der Waals surface area contributed by atoms with Gasteiger partial charge < -0.3 is 0 Å². The second-order valence-electron chi connectivity index (χ2n) is 36.1.